The molecule has 0 unspecified atom stereocenters. The lowest BCUT2D eigenvalue weighted by molar-refractivity contribution is -0.117. The molecule has 0 bridgehead atoms. The van der Waals surface area contributed by atoms with Gasteiger partial charge in [0.2, 0.25) is 5.91 Å². The summed E-state index contributed by atoms with van der Waals surface area (Å²) in [6.45, 7) is 3.81. The summed E-state index contributed by atoms with van der Waals surface area (Å²) in [4.78, 5) is 27.8. The molecule has 0 radical (unpaired) electrons. The van der Waals surface area contributed by atoms with Gasteiger partial charge in [-0.15, -0.1) is 0 Å². The molecule has 0 saturated carbocycles. The Kier molecular flexibility index (Phi) is 5.95. The number of carbonyl (C=O) groups excluding carboxylic acids is 2. The molecule has 0 aliphatic carbocycles. The average molecular weight is 421 g/mol. The number of hydrogen-bond acceptors (Lipinski definition) is 5. The first-order valence-corrected chi connectivity index (χ1v) is 10.4. The van der Waals surface area contributed by atoms with Gasteiger partial charge < -0.3 is 19.4 Å². The van der Waals surface area contributed by atoms with Gasteiger partial charge in [0.1, 0.15) is 5.75 Å². The van der Waals surface area contributed by atoms with E-state index >= 15 is 0 Å². The van der Waals surface area contributed by atoms with Gasteiger partial charge in [-0.2, -0.15) is 0 Å². The van der Waals surface area contributed by atoms with Crippen LogP contribution >= 0.6 is 0 Å². The lowest BCUT2D eigenvalue weighted by atomic mass is 10.00. The minimum Gasteiger partial charge on any atom is -0.497 e. The number of amides is 1. The molecule has 7 nitrogen and oxygen atoms in total. The lowest BCUT2D eigenvalue weighted by Gasteiger charge is -2.28. The van der Waals surface area contributed by atoms with Crippen LogP contribution in [0.1, 0.15) is 28.5 Å². The minimum atomic E-state index is -0.470. The van der Waals surface area contributed by atoms with Crippen molar-refractivity contribution in [1.82, 2.24) is 9.47 Å². The molecule has 1 aliphatic heterocycles. The van der Waals surface area contributed by atoms with Gasteiger partial charge in [0.25, 0.3) is 0 Å². The van der Waals surface area contributed by atoms with Gasteiger partial charge in [-0.05, 0) is 42.7 Å². The van der Waals surface area contributed by atoms with Crippen LogP contribution in [-0.4, -0.2) is 48.1 Å². The summed E-state index contributed by atoms with van der Waals surface area (Å²) in [5.41, 5.74) is 4.18. The van der Waals surface area contributed by atoms with E-state index in [0.29, 0.717) is 17.1 Å². The fourth-order valence-electron chi connectivity index (χ4n) is 4.19. The highest BCUT2D eigenvalue weighted by Crippen LogP contribution is 2.33. The number of benzene rings is 2. The fourth-order valence-corrected chi connectivity index (χ4v) is 4.19. The van der Waals surface area contributed by atoms with Crippen molar-refractivity contribution in [2.75, 3.05) is 32.1 Å². The van der Waals surface area contributed by atoms with Crippen LogP contribution in [0.2, 0.25) is 0 Å². The molecule has 1 aromatic heterocycles. The molecule has 0 saturated heterocycles. The van der Waals surface area contributed by atoms with Gasteiger partial charge >= 0.3 is 5.97 Å². The zero-order valence-corrected chi connectivity index (χ0v) is 18.1. The largest absolute Gasteiger partial charge is 0.497 e. The molecule has 1 amide bonds. The average Bonchev–Trinajstić information content (AvgIpc) is 3.04. The van der Waals surface area contributed by atoms with Crippen LogP contribution in [0.4, 0.5) is 5.69 Å². The molecule has 4 rings (SSSR count). The van der Waals surface area contributed by atoms with Crippen molar-refractivity contribution < 1.29 is 19.1 Å². The molecule has 7 heteroatoms. The first kappa shape index (κ1) is 20.9. The van der Waals surface area contributed by atoms with E-state index in [0.717, 1.165) is 30.4 Å². The standard InChI is InChI=1S/C24H27N3O4/c1-4-31-24(29)23-22(19-13-18(30-3)9-10-20(19)26(23)2)25-21(28)15-27-12-11-16-7-5-6-8-17(16)14-27/h5-10,13H,4,11-12,14-15H2,1-3H3,(H,25,28). The van der Waals surface area contributed by atoms with E-state index in [9.17, 15) is 9.59 Å². The van der Waals surface area contributed by atoms with Crippen molar-refractivity contribution in [3.05, 3.63) is 59.3 Å². The van der Waals surface area contributed by atoms with E-state index < -0.39 is 5.97 Å². The number of esters is 1. The number of rotatable bonds is 6. The van der Waals surface area contributed by atoms with Crippen molar-refractivity contribution in [2.45, 2.75) is 19.9 Å². The Morgan fingerprint density at radius 2 is 1.90 bits per heavy atom. The van der Waals surface area contributed by atoms with Crippen LogP contribution in [0, 0.1) is 0 Å². The summed E-state index contributed by atoms with van der Waals surface area (Å²) >= 11 is 0. The molecule has 162 valence electrons. The van der Waals surface area contributed by atoms with Crippen LogP contribution in [0.15, 0.2) is 42.5 Å². The second kappa shape index (κ2) is 8.81. The molecule has 1 aliphatic rings. The second-order valence-electron chi connectivity index (χ2n) is 7.66. The van der Waals surface area contributed by atoms with E-state index in [1.165, 1.54) is 11.1 Å². The van der Waals surface area contributed by atoms with Crippen LogP contribution in [-0.2, 0) is 29.5 Å². The Bertz CT molecular complexity index is 1140. The maximum absolute atomic E-state index is 13.0. The number of hydrogen-bond donors (Lipinski definition) is 1. The predicted molar refractivity (Wildman–Crippen MR) is 119 cm³/mol. The topological polar surface area (TPSA) is 72.8 Å². The number of ether oxygens (including phenoxy) is 2. The minimum absolute atomic E-state index is 0.166. The molecule has 0 atom stereocenters. The Labute approximate surface area is 181 Å². The van der Waals surface area contributed by atoms with Crippen molar-refractivity contribution in [3.63, 3.8) is 0 Å². The zero-order chi connectivity index (χ0) is 22.0. The fraction of sp³-hybridized carbons (Fsp3) is 0.333. The highest BCUT2D eigenvalue weighted by molar-refractivity contribution is 6.12. The number of aryl methyl sites for hydroxylation is 1. The normalized spacial score (nSPS) is 13.6. The highest BCUT2D eigenvalue weighted by atomic mass is 16.5. The number of aromatic nitrogens is 1. The SMILES string of the molecule is CCOC(=O)c1c(NC(=O)CN2CCc3ccccc3C2)c2cc(OC)ccc2n1C. The summed E-state index contributed by atoms with van der Waals surface area (Å²) in [6.07, 6.45) is 0.920. The quantitative estimate of drug-likeness (QED) is 0.618. The lowest BCUT2D eigenvalue weighted by Crippen LogP contribution is -2.37. The van der Waals surface area contributed by atoms with Crippen LogP contribution < -0.4 is 10.1 Å². The van der Waals surface area contributed by atoms with Crippen molar-refractivity contribution in [2.24, 2.45) is 7.05 Å². The Morgan fingerprint density at radius 3 is 2.65 bits per heavy atom. The molecule has 31 heavy (non-hydrogen) atoms. The van der Waals surface area contributed by atoms with Crippen LogP contribution in [0.3, 0.4) is 0 Å². The summed E-state index contributed by atoms with van der Waals surface area (Å²) in [5.74, 6) is 0.0132. The summed E-state index contributed by atoms with van der Waals surface area (Å²) in [5, 5.41) is 3.72. The van der Waals surface area contributed by atoms with E-state index in [2.05, 4.69) is 22.3 Å². The van der Waals surface area contributed by atoms with E-state index in [4.69, 9.17) is 9.47 Å². The van der Waals surface area contributed by atoms with Gasteiger partial charge in [0.05, 0.1) is 31.5 Å². The number of fused-ring (bicyclic) bond motifs is 2. The highest BCUT2D eigenvalue weighted by Gasteiger charge is 2.25. The first-order chi connectivity index (χ1) is 15.0. The molecule has 3 aromatic rings. The van der Waals surface area contributed by atoms with Crippen LogP contribution in [0.25, 0.3) is 10.9 Å². The third-order valence-corrected chi connectivity index (χ3v) is 5.72. The maximum Gasteiger partial charge on any atom is 0.357 e. The number of nitrogens with one attached hydrogen (secondary N) is 1. The molecule has 2 aromatic carbocycles. The molecule has 1 N–H and O–H groups in total. The van der Waals surface area contributed by atoms with E-state index in [1.807, 2.05) is 30.3 Å². The second-order valence-corrected chi connectivity index (χ2v) is 7.66. The Morgan fingerprint density at radius 1 is 1.13 bits per heavy atom. The Balaban J connectivity index is 1.61. The molecule has 2 heterocycles. The van der Waals surface area contributed by atoms with Gasteiger partial charge in [0.15, 0.2) is 5.69 Å². The number of carbonyl (C=O) groups is 2. The number of methoxy groups -OCH3 is 1. The van der Waals surface area contributed by atoms with Gasteiger partial charge in [-0.1, -0.05) is 24.3 Å². The van der Waals surface area contributed by atoms with Gasteiger partial charge in [0, 0.05) is 25.5 Å². The molecular formula is C24H27N3O4. The van der Waals surface area contributed by atoms with E-state index in [1.54, 1.807) is 25.6 Å². The van der Waals surface area contributed by atoms with E-state index in [-0.39, 0.29) is 19.1 Å². The first-order valence-electron chi connectivity index (χ1n) is 10.4. The number of nitrogens with zero attached hydrogens (tertiary/aromatic N) is 2. The molecule has 0 fully saturated rings. The van der Waals surface area contributed by atoms with Crippen molar-refractivity contribution in [3.8, 4) is 5.75 Å². The van der Waals surface area contributed by atoms with Crippen molar-refractivity contribution in [1.29, 1.82) is 0 Å². The summed E-state index contributed by atoms with van der Waals surface area (Å²) in [6, 6.07) is 13.8. The Hall–Kier alpha value is -3.32. The molecular weight excluding hydrogens is 394 g/mol. The van der Waals surface area contributed by atoms with Crippen LogP contribution in [0.5, 0.6) is 5.75 Å². The van der Waals surface area contributed by atoms with Crippen molar-refractivity contribution >= 4 is 28.5 Å². The third kappa shape index (κ3) is 4.14. The third-order valence-electron chi connectivity index (χ3n) is 5.72. The van der Waals surface area contributed by atoms with Gasteiger partial charge in [-0.3, -0.25) is 9.69 Å². The monoisotopic (exact) mass is 421 g/mol. The smallest absolute Gasteiger partial charge is 0.357 e. The predicted octanol–water partition coefficient (Wildman–Crippen LogP) is 3.36. The summed E-state index contributed by atoms with van der Waals surface area (Å²) < 4.78 is 12.4. The number of anilines is 1. The maximum atomic E-state index is 13.0. The van der Waals surface area contributed by atoms with Gasteiger partial charge in [-0.25, -0.2) is 4.79 Å². The zero-order valence-electron chi connectivity index (χ0n) is 18.1. The summed E-state index contributed by atoms with van der Waals surface area (Å²) in [7, 11) is 3.38. The molecule has 0 spiro atoms.